The number of aliphatic imine (C=N–C) groups is 1. The molecule has 1 fully saturated rings. The molecule has 1 aliphatic rings. The molecule has 2 aromatic heterocycles. The second-order valence-corrected chi connectivity index (χ2v) is 7.69. The average Bonchev–Trinajstić information content (AvgIpc) is 2.95. The van der Waals surface area contributed by atoms with Crippen molar-refractivity contribution in [1.82, 2.24) is 25.1 Å². The molecular weight excluding hydrogens is 524 g/mol. The zero-order chi connectivity index (χ0) is 20.1. The highest BCUT2D eigenvalue weighted by molar-refractivity contribution is 14.0. The van der Waals surface area contributed by atoms with Crippen LogP contribution in [0.5, 0.6) is 0 Å². The molecule has 29 heavy (non-hydrogen) atoms. The minimum atomic E-state index is 0. The molecule has 0 atom stereocenters. The van der Waals surface area contributed by atoms with Crippen LogP contribution in [0.2, 0.25) is 10.2 Å². The van der Waals surface area contributed by atoms with Gasteiger partial charge in [-0.3, -0.25) is 4.99 Å². The SMILES string of the molecule is CN=C(NCc1ccnc(N2CCN(C)CC2)c1)NCc1cc(Cl)c(Cl)n1C.I. The molecule has 0 saturated carbocycles. The fourth-order valence-electron chi connectivity index (χ4n) is 3.12. The van der Waals surface area contributed by atoms with Gasteiger partial charge in [0.05, 0.1) is 11.6 Å². The van der Waals surface area contributed by atoms with Crippen molar-refractivity contribution >= 4 is 59.0 Å². The van der Waals surface area contributed by atoms with Gasteiger partial charge in [0.2, 0.25) is 0 Å². The fourth-order valence-corrected chi connectivity index (χ4v) is 3.53. The number of hydrogen-bond donors (Lipinski definition) is 2. The molecule has 0 spiro atoms. The van der Waals surface area contributed by atoms with Crippen LogP contribution in [0.25, 0.3) is 0 Å². The van der Waals surface area contributed by atoms with Crippen LogP contribution in [0.4, 0.5) is 5.82 Å². The lowest BCUT2D eigenvalue weighted by atomic mass is 10.2. The van der Waals surface area contributed by atoms with Crippen molar-refractivity contribution in [1.29, 1.82) is 0 Å². The predicted molar refractivity (Wildman–Crippen MR) is 132 cm³/mol. The predicted octanol–water partition coefficient (Wildman–Crippen LogP) is 2.96. The molecule has 2 N–H and O–H groups in total. The van der Waals surface area contributed by atoms with Crippen molar-refractivity contribution in [2.45, 2.75) is 13.1 Å². The van der Waals surface area contributed by atoms with E-state index in [9.17, 15) is 0 Å². The van der Waals surface area contributed by atoms with Gasteiger partial charge in [-0.2, -0.15) is 0 Å². The number of rotatable bonds is 5. The Morgan fingerprint density at radius 2 is 1.79 bits per heavy atom. The van der Waals surface area contributed by atoms with Crippen molar-refractivity contribution in [3.63, 3.8) is 0 Å². The molecule has 0 bridgehead atoms. The Hall–Kier alpha value is -1.23. The summed E-state index contributed by atoms with van der Waals surface area (Å²) in [4.78, 5) is 13.5. The summed E-state index contributed by atoms with van der Waals surface area (Å²) in [5.74, 6) is 1.75. The number of nitrogens with zero attached hydrogens (tertiary/aromatic N) is 5. The van der Waals surface area contributed by atoms with Crippen LogP contribution in [-0.4, -0.2) is 60.7 Å². The van der Waals surface area contributed by atoms with Crippen LogP contribution in [0, 0.1) is 0 Å². The zero-order valence-electron chi connectivity index (χ0n) is 17.0. The second-order valence-electron chi connectivity index (χ2n) is 6.93. The van der Waals surface area contributed by atoms with Crippen LogP contribution >= 0.6 is 47.2 Å². The highest BCUT2D eigenvalue weighted by atomic mass is 127. The van der Waals surface area contributed by atoms with E-state index >= 15 is 0 Å². The molecular formula is C19H28Cl2IN7. The first-order valence-electron chi connectivity index (χ1n) is 9.30. The van der Waals surface area contributed by atoms with Crippen molar-refractivity contribution in [2.75, 3.05) is 45.2 Å². The summed E-state index contributed by atoms with van der Waals surface area (Å²) in [5, 5.41) is 7.72. The summed E-state index contributed by atoms with van der Waals surface area (Å²) >= 11 is 12.2. The van der Waals surface area contributed by atoms with Crippen LogP contribution < -0.4 is 15.5 Å². The number of pyridine rings is 1. The second kappa shape index (κ2) is 11.2. The first kappa shape index (κ1) is 24.0. The van der Waals surface area contributed by atoms with E-state index in [1.54, 1.807) is 7.05 Å². The van der Waals surface area contributed by atoms with Gasteiger partial charge in [0, 0.05) is 58.7 Å². The Morgan fingerprint density at radius 3 is 2.41 bits per heavy atom. The molecule has 0 unspecified atom stereocenters. The first-order chi connectivity index (χ1) is 13.5. The standard InChI is InChI=1S/C19H27Cl2N7.HI/c1-22-19(25-13-15-11-16(20)18(21)27(15)3)24-12-14-4-5-23-17(10-14)28-8-6-26(2)7-9-28;/h4-5,10-11H,6-9,12-13H2,1-3H3,(H2,22,24,25);1H. The molecule has 160 valence electrons. The Balaban J connectivity index is 0.00000300. The molecule has 10 heteroatoms. The topological polar surface area (TPSA) is 60.7 Å². The number of likely N-dealkylation sites (N-methyl/N-ethyl adjacent to an activating group) is 1. The van der Waals surface area contributed by atoms with E-state index in [-0.39, 0.29) is 24.0 Å². The normalized spacial score (nSPS) is 15.2. The minimum absolute atomic E-state index is 0. The van der Waals surface area contributed by atoms with Gasteiger partial charge in [-0.25, -0.2) is 4.98 Å². The average molecular weight is 552 g/mol. The number of aromatic nitrogens is 2. The smallest absolute Gasteiger partial charge is 0.191 e. The van der Waals surface area contributed by atoms with Gasteiger partial charge >= 0.3 is 0 Å². The van der Waals surface area contributed by atoms with E-state index < -0.39 is 0 Å². The van der Waals surface area contributed by atoms with Crippen molar-refractivity contribution in [2.24, 2.45) is 12.0 Å². The summed E-state index contributed by atoms with van der Waals surface area (Å²) in [6, 6.07) is 6.02. The van der Waals surface area contributed by atoms with Crippen LogP contribution in [0.15, 0.2) is 29.4 Å². The Labute approximate surface area is 199 Å². The van der Waals surface area contributed by atoms with Gasteiger partial charge in [0.15, 0.2) is 5.96 Å². The molecule has 0 aliphatic carbocycles. The molecule has 7 nitrogen and oxygen atoms in total. The van der Waals surface area contributed by atoms with E-state index in [2.05, 4.69) is 43.5 Å². The maximum Gasteiger partial charge on any atom is 0.191 e. The van der Waals surface area contributed by atoms with Gasteiger partial charge < -0.3 is 25.0 Å². The number of guanidine groups is 1. The summed E-state index contributed by atoms with van der Waals surface area (Å²) < 4.78 is 1.86. The van der Waals surface area contributed by atoms with Crippen molar-refractivity contribution in [3.8, 4) is 0 Å². The molecule has 0 amide bonds. The molecule has 2 aromatic rings. The van der Waals surface area contributed by atoms with Crippen LogP contribution in [0.3, 0.4) is 0 Å². The van der Waals surface area contributed by atoms with Gasteiger partial charge in [0.25, 0.3) is 0 Å². The fraction of sp³-hybridized carbons (Fsp3) is 0.474. The minimum Gasteiger partial charge on any atom is -0.354 e. The monoisotopic (exact) mass is 551 g/mol. The number of nitrogens with one attached hydrogen (secondary N) is 2. The summed E-state index contributed by atoms with van der Waals surface area (Å²) in [6.45, 7) is 5.38. The van der Waals surface area contributed by atoms with Crippen molar-refractivity contribution in [3.05, 3.63) is 45.8 Å². The summed E-state index contributed by atoms with van der Waals surface area (Å²) in [5.41, 5.74) is 2.15. The molecule has 0 aromatic carbocycles. The number of halogens is 3. The Bertz CT molecular complexity index is 832. The maximum absolute atomic E-state index is 6.12. The third-order valence-corrected chi connectivity index (χ3v) is 5.82. The summed E-state index contributed by atoms with van der Waals surface area (Å²) in [7, 11) is 5.79. The maximum atomic E-state index is 6.12. The van der Waals surface area contributed by atoms with Crippen LogP contribution in [-0.2, 0) is 20.1 Å². The molecule has 3 heterocycles. The molecule has 1 aliphatic heterocycles. The van der Waals surface area contributed by atoms with Gasteiger partial charge in [-0.15, -0.1) is 24.0 Å². The van der Waals surface area contributed by atoms with E-state index in [1.807, 2.05) is 29.9 Å². The van der Waals surface area contributed by atoms with E-state index in [0.29, 0.717) is 29.2 Å². The van der Waals surface area contributed by atoms with Crippen LogP contribution in [0.1, 0.15) is 11.3 Å². The van der Waals surface area contributed by atoms with Crippen molar-refractivity contribution < 1.29 is 0 Å². The lowest BCUT2D eigenvalue weighted by Crippen LogP contribution is -2.44. The summed E-state index contributed by atoms with van der Waals surface area (Å²) in [6.07, 6.45) is 1.87. The zero-order valence-corrected chi connectivity index (χ0v) is 20.8. The van der Waals surface area contributed by atoms with E-state index in [0.717, 1.165) is 43.3 Å². The van der Waals surface area contributed by atoms with Gasteiger partial charge in [0.1, 0.15) is 11.0 Å². The number of piperazine rings is 1. The first-order valence-corrected chi connectivity index (χ1v) is 10.1. The van der Waals surface area contributed by atoms with E-state index in [4.69, 9.17) is 23.2 Å². The molecule has 3 rings (SSSR count). The molecule has 1 saturated heterocycles. The highest BCUT2D eigenvalue weighted by Crippen LogP contribution is 2.24. The van der Waals surface area contributed by atoms with E-state index in [1.165, 1.54) is 0 Å². The lowest BCUT2D eigenvalue weighted by Gasteiger charge is -2.33. The third kappa shape index (κ3) is 6.37. The lowest BCUT2D eigenvalue weighted by molar-refractivity contribution is 0.312. The Kier molecular flexibility index (Phi) is 9.32. The largest absolute Gasteiger partial charge is 0.354 e. The quantitative estimate of drug-likeness (QED) is 0.340. The highest BCUT2D eigenvalue weighted by Gasteiger charge is 2.15. The van der Waals surface area contributed by atoms with Gasteiger partial charge in [-0.1, -0.05) is 23.2 Å². The Morgan fingerprint density at radius 1 is 1.10 bits per heavy atom. The number of anilines is 1. The third-order valence-electron chi connectivity index (χ3n) is 4.97. The van der Waals surface area contributed by atoms with Gasteiger partial charge in [-0.05, 0) is 30.8 Å². The number of hydrogen-bond acceptors (Lipinski definition) is 4. The molecule has 0 radical (unpaired) electrons.